The highest BCUT2D eigenvalue weighted by Crippen LogP contribution is 2.45. The summed E-state index contributed by atoms with van der Waals surface area (Å²) in [6.45, 7) is 0. The maximum atomic E-state index is 10.8. The van der Waals surface area contributed by atoms with Crippen molar-refractivity contribution in [3.05, 3.63) is 64.7 Å². The molecular weight excluding hydrogens is 212 g/mol. The lowest BCUT2D eigenvalue weighted by atomic mass is 9.72. The Labute approximate surface area is 99.5 Å². The lowest BCUT2D eigenvalue weighted by molar-refractivity contribution is 0.112. The molecule has 17 heavy (non-hydrogen) atoms. The summed E-state index contributed by atoms with van der Waals surface area (Å²) < 4.78 is 0. The van der Waals surface area contributed by atoms with Gasteiger partial charge in [0.15, 0.2) is 6.29 Å². The summed E-state index contributed by atoms with van der Waals surface area (Å²) in [5, 5.41) is 10.0. The predicted octanol–water partition coefficient (Wildman–Crippen LogP) is 2.89. The van der Waals surface area contributed by atoms with Crippen LogP contribution in [-0.2, 0) is 6.42 Å². The molecule has 0 heterocycles. The van der Waals surface area contributed by atoms with E-state index < -0.39 is 0 Å². The van der Waals surface area contributed by atoms with Crippen LogP contribution < -0.4 is 0 Å². The molecule has 1 N–H and O–H groups in total. The Morgan fingerprint density at radius 3 is 2.59 bits per heavy atom. The molecule has 0 bridgehead atoms. The third-order valence-corrected chi connectivity index (χ3v) is 3.44. The average molecular weight is 224 g/mol. The molecule has 0 aromatic heterocycles. The van der Waals surface area contributed by atoms with Crippen molar-refractivity contribution in [2.75, 3.05) is 0 Å². The van der Waals surface area contributed by atoms with E-state index in [1.54, 1.807) is 6.07 Å². The largest absolute Gasteiger partial charge is 0.507 e. The minimum absolute atomic E-state index is 0.151. The molecule has 84 valence electrons. The van der Waals surface area contributed by atoms with Crippen LogP contribution in [0.2, 0.25) is 0 Å². The number of rotatable bonds is 2. The van der Waals surface area contributed by atoms with Gasteiger partial charge in [-0.05, 0) is 23.6 Å². The number of benzene rings is 2. The van der Waals surface area contributed by atoms with Gasteiger partial charge in [0.05, 0.1) is 5.56 Å². The molecular formula is C15H12O2. The van der Waals surface area contributed by atoms with Gasteiger partial charge in [-0.2, -0.15) is 0 Å². The highest BCUT2D eigenvalue weighted by molar-refractivity contribution is 5.81. The smallest absolute Gasteiger partial charge is 0.153 e. The summed E-state index contributed by atoms with van der Waals surface area (Å²) >= 11 is 0. The molecule has 0 saturated heterocycles. The van der Waals surface area contributed by atoms with Crippen molar-refractivity contribution < 1.29 is 9.90 Å². The van der Waals surface area contributed by atoms with E-state index in [-0.39, 0.29) is 11.7 Å². The summed E-state index contributed by atoms with van der Waals surface area (Å²) in [7, 11) is 0. The summed E-state index contributed by atoms with van der Waals surface area (Å²) in [4.78, 5) is 10.8. The van der Waals surface area contributed by atoms with Crippen LogP contribution in [0, 0.1) is 0 Å². The molecule has 1 aliphatic rings. The van der Waals surface area contributed by atoms with Crippen LogP contribution in [0.3, 0.4) is 0 Å². The lowest BCUT2D eigenvalue weighted by Crippen LogP contribution is -2.19. The van der Waals surface area contributed by atoms with Crippen LogP contribution >= 0.6 is 0 Å². The molecule has 1 unspecified atom stereocenters. The van der Waals surface area contributed by atoms with Gasteiger partial charge in [0.25, 0.3) is 0 Å². The zero-order valence-corrected chi connectivity index (χ0v) is 9.26. The van der Waals surface area contributed by atoms with Crippen molar-refractivity contribution in [3.63, 3.8) is 0 Å². The van der Waals surface area contributed by atoms with Gasteiger partial charge in [0, 0.05) is 11.5 Å². The standard InChI is InChI=1S/C15H12O2/c16-9-12-7-6-11-8-13(14(11)15(12)17)10-4-2-1-3-5-10/h1-7,9,13,17H,8H2. The third-order valence-electron chi connectivity index (χ3n) is 3.44. The number of carbonyl (C=O) groups is 1. The predicted molar refractivity (Wildman–Crippen MR) is 65.5 cm³/mol. The summed E-state index contributed by atoms with van der Waals surface area (Å²) in [6, 6.07) is 13.7. The van der Waals surface area contributed by atoms with Gasteiger partial charge in [-0.15, -0.1) is 0 Å². The highest BCUT2D eigenvalue weighted by Gasteiger charge is 2.31. The lowest BCUT2D eigenvalue weighted by Gasteiger charge is -2.31. The number of hydrogen-bond donors (Lipinski definition) is 1. The fraction of sp³-hybridized carbons (Fsp3) is 0.133. The van der Waals surface area contributed by atoms with E-state index in [0.717, 1.165) is 17.5 Å². The van der Waals surface area contributed by atoms with Crippen LogP contribution in [0.4, 0.5) is 0 Å². The maximum Gasteiger partial charge on any atom is 0.153 e. The van der Waals surface area contributed by atoms with E-state index in [1.165, 1.54) is 5.56 Å². The Morgan fingerprint density at radius 1 is 1.12 bits per heavy atom. The second kappa shape index (κ2) is 3.74. The first-order valence-corrected chi connectivity index (χ1v) is 5.66. The first kappa shape index (κ1) is 10.1. The SMILES string of the molecule is O=Cc1ccc2c(c1O)C(c1ccccc1)C2. The Morgan fingerprint density at radius 2 is 1.88 bits per heavy atom. The van der Waals surface area contributed by atoms with E-state index in [9.17, 15) is 9.90 Å². The average Bonchev–Trinajstić information content (AvgIpc) is 2.32. The quantitative estimate of drug-likeness (QED) is 0.796. The van der Waals surface area contributed by atoms with Gasteiger partial charge < -0.3 is 5.11 Å². The van der Waals surface area contributed by atoms with Crippen molar-refractivity contribution >= 4 is 6.29 Å². The Balaban J connectivity index is 2.08. The minimum Gasteiger partial charge on any atom is -0.507 e. The topological polar surface area (TPSA) is 37.3 Å². The van der Waals surface area contributed by atoms with Gasteiger partial charge in [0.1, 0.15) is 5.75 Å². The zero-order valence-electron chi connectivity index (χ0n) is 9.26. The van der Waals surface area contributed by atoms with Gasteiger partial charge in [-0.1, -0.05) is 36.4 Å². The third kappa shape index (κ3) is 1.45. The first-order chi connectivity index (χ1) is 8.31. The van der Waals surface area contributed by atoms with Crippen LogP contribution in [0.15, 0.2) is 42.5 Å². The highest BCUT2D eigenvalue weighted by atomic mass is 16.3. The Hall–Kier alpha value is -2.09. The monoisotopic (exact) mass is 224 g/mol. The van der Waals surface area contributed by atoms with Crippen molar-refractivity contribution in [3.8, 4) is 5.75 Å². The molecule has 1 atom stereocenters. The molecule has 2 aromatic rings. The van der Waals surface area contributed by atoms with Crippen molar-refractivity contribution in [1.29, 1.82) is 0 Å². The van der Waals surface area contributed by atoms with E-state index in [4.69, 9.17) is 0 Å². The Bertz CT molecular complexity index is 573. The summed E-state index contributed by atoms with van der Waals surface area (Å²) in [5.41, 5.74) is 3.63. The fourth-order valence-corrected chi connectivity index (χ4v) is 2.49. The zero-order chi connectivity index (χ0) is 11.8. The second-order valence-electron chi connectivity index (χ2n) is 4.36. The normalized spacial score (nSPS) is 17.1. The molecule has 0 aliphatic heterocycles. The molecule has 0 saturated carbocycles. The number of aldehydes is 1. The number of phenolic OH excluding ortho intramolecular Hbond substituents is 1. The van der Waals surface area contributed by atoms with Crippen LogP contribution in [0.5, 0.6) is 5.75 Å². The molecule has 0 fully saturated rings. The molecule has 1 aliphatic carbocycles. The number of hydrogen-bond acceptors (Lipinski definition) is 2. The van der Waals surface area contributed by atoms with Gasteiger partial charge in [-0.3, -0.25) is 4.79 Å². The second-order valence-corrected chi connectivity index (χ2v) is 4.36. The van der Waals surface area contributed by atoms with Crippen LogP contribution in [0.25, 0.3) is 0 Å². The molecule has 2 nitrogen and oxygen atoms in total. The molecule has 0 spiro atoms. The molecule has 0 radical (unpaired) electrons. The van der Waals surface area contributed by atoms with E-state index in [1.807, 2.05) is 24.3 Å². The maximum absolute atomic E-state index is 10.8. The van der Waals surface area contributed by atoms with Crippen molar-refractivity contribution in [1.82, 2.24) is 0 Å². The molecule has 3 rings (SSSR count). The van der Waals surface area contributed by atoms with Crippen molar-refractivity contribution in [2.24, 2.45) is 0 Å². The number of carbonyl (C=O) groups excluding carboxylic acids is 1. The first-order valence-electron chi connectivity index (χ1n) is 5.66. The van der Waals surface area contributed by atoms with Gasteiger partial charge >= 0.3 is 0 Å². The van der Waals surface area contributed by atoms with E-state index in [0.29, 0.717) is 11.8 Å². The Kier molecular flexibility index (Phi) is 2.22. The number of aromatic hydroxyl groups is 1. The van der Waals surface area contributed by atoms with Crippen LogP contribution in [0.1, 0.15) is 33.0 Å². The van der Waals surface area contributed by atoms with E-state index >= 15 is 0 Å². The minimum atomic E-state index is 0.151. The van der Waals surface area contributed by atoms with E-state index in [2.05, 4.69) is 12.1 Å². The fourth-order valence-electron chi connectivity index (χ4n) is 2.49. The molecule has 2 heteroatoms. The number of phenols is 1. The number of fused-ring (bicyclic) bond motifs is 1. The van der Waals surface area contributed by atoms with Crippen LogP contribution in [-0.4, -0.2) is 11.4 Å². The summed E-state index contributed by atoms with van der Waals surface area (Å²) in [5.74, 6) is 0.378. The summed E-state index contributed by atoms with van der Waals surface area (Å²) in [6.07, 6.45) is 1.64. The van der Waals surface area contributed by atoms with Crippen molar-refractivity contribution in [2.45, 2.75) is 12.3 Å². The molecule has 2 aromatic carbocycles. The van der Waals surface area contributed by atoms with Gasteiger partial charge in [0.2, 0.25) is 0 Å². The molecule has 0 amide bonds. The van der Waals surface area contributed by atoms with Gasteiger partial charge in [-0.25, -0.2) is 0 Å².